The smallest absolute Gasteiger partial charge is 0.299 e. The minimum Gasteiger partial charge on any atom is -0.481 e. The SMILES string of the molecule is COc1ccn2nc(S(=O)(=O)Nc3cccc(Cl)c3Cl)nc2n1. The molecular formula is C12H9Cl2N5O3S. The molecule has 0 spiro atoms. The van der Waals surface area contributed by atoms with Crippen LogP contribution < -0.4 is 9.46 Å². The number of nitrogens with zero attached hydrogens (tertiary/aromatic N) is 4. The van der Waals surface area contributed by atoms with Gasteiger partial charge < -0.3 is 4.74 Å². The van der Waals surface area contributed by atoms with E-state index in [-0.39, 0.29) is 21.5 Å². The largest absolute Gasteiger partial charge is 0.481 e. The quantitative estimate of drug-likeness (QED) is 0.752. The summed E-state index contributed by atoms with van der Waals surface area (Å²) in [6.45, 7) is 0. The Kier molecular flexibility index (Phi) is 4.00. The number of benzene rings is 1. The fourth-order valence-corrected chi connectivity index (χ4v) is 3.09. The molecule has 1 aromatic carbocycles. The highest BCUT2D eigenvalue weighted by Crippen LogP contribution is 2.30. The Morgan fingerprint density at radius 1 is 1.22 bits per heavy atom. The molecule has 0 atom stereocenters. The van der Waals surface area contributed by atoms with Crippen molar-refractivity contribution in [2.24, 2.45) is 0 Å². The summed E-state index contributed by atoms with van der Waals surface area (Å²) in [5, 5.41) is 3.73. The van der Waals surface area contributed by atoms with E-state index in [1.165, 1.54) is 30.0 Å². The van der Waals surface area contributed by atoms with E-state index >= 15 is 0 Å². The molecule has 0 fully saturated rings. The summed E-state index contributed by atoms with van der Waals surface area (Å²) < 4.78 is 33.2. The fourth-order valence-electron chi connectivity index (χ4n) is 1.74. The van der Waals surface area contributed by atoms with E-state index in [2.05, 4.69) is 19.8 Å². The fraction of sp³-hybridized carbons (Fsp3) is 0.0833. The van der Waals surface area contributed by atoms with E-state index in [1.54, 1.807) is 12.1 Å². The number of anilines is 1. The van der Waals surface area contributed by atoms with Gasteiger partial charge in [-0.25, -0.2) is 4.52 Å². The van der Waals surface area contributed by atoms with Crippen LogP contribution in [0.2, 0.25) is 10.0 Å². The first kappa shape index (κ1) is 15.8. The molecule has 120 valence electrons. The van der Waals surface area contributed by atoms with Crippen LogP contribution in [0.4, 0.5) is 5.69 Å². The summed E-state index contributed by atoms with van der Waals surface area (Å²) in [4.78, 5) is 7.87. The maximum atomic E-state index is 12.4. The van der Waals surface area contributed by atoms with Crippen molar-refractivity contribution in [1.82, 2.24) is 19.6 Å². The monoisotopic (exact) mass is 373 g/mol. The predicted octanol–water partition coefficient (Wildman–Crippen LogP) is 2.24. The Labute approximate surface area is 141 Å². The zero-order valence-electron chi connectivity index (χ0n) is 11.6. The third-order valence-corrected chi connectivity index (χ3v) is 4.77. The van der Waals surface area contributed by atoms with Crippen molar-refractivity contribution in [2.45, 2.75) is 5.16 Å². The van der Waals surface area contributed by atoms with Gasteiger partial charge in [-0.05, 0) is 12.1 Å². The number of methoxy groups -OCH3 is 1. The average molecular weight is 374 g/mol. The number of fused-ring (bicyclic) bond motifs is 1. The van der Waals surface area contributed by atoms with Gasteiger partial charge >= 0.3 is 0 Å². The molecule has 0 saturated heterocycles. The Morgan fingerprint density at radius 2 is 2.00 bits per heavy atom. The molecule has 8 nitrogen and oxygen atoms in total. The van der Waals surface area contributed by atoms with E-state index in [1.807, 2.05) is 0 Å². The number of nitrogens with one attached hydrogen (secondary N) is 1. The van der Waals surface area contributed by atoms with Gasteiger partial charge in [-0.15, -0.1) is 5.10 Å². The number of halogens is 2. The first-order valence-electron chi connectivity index (χ1n) is 6.15. The molecule has 0 aliphatic rings. The molecule has 0 aliphatic carbocycles. The van der Waals surface area contributed by atoms with Gasteiger partial charge in [-0.1, -0.05) is 29.3 Å². The van der Waals surface area contributed by atoms with Gasteiger partial charge in [-0.2, -0.15) is 18.4 Å². The number of aromatic nitrogens is 4. The lowest BCUT2D eigenvalue weighted by molar-refractivity contribution is 0.397. The summed E-state index contributed by atoms with van der Waals surface area (Å²) in [6.07, 6.45) is 1.49. The van der Waals surface area contributed by atoms with Gasteiger partial charge in [0.25, 0.3) is 21.0 Å². The van der Waals surface area contributed by atoms with E-state index in [0.29, 0.717) is 5.88 Å². The van der Waals surface area contributed by atoms with Gasteiger partial charge in [0, 0.05) is 12.3 Å². The molecule has 11 heteroatoms. The lowest BCUT2D eigenvalue weighted by Crippen LogP contribution is -2.15. The predicted molar refractivity (Wildman–Crippen MR) is 84.6 cm³/mol. The zero-order valence-corrected chi connectivity index (χ0v) is 13.9. The molecule has 2 heterocycles. The maximum Gasteiger partial charge on any atom is 0.299 e. The molecule has 0 bridgehead atoms. The highest BCUT2D eigenvalue weighted by Gasteiger charge is 2.22. The molecule has 1 N–H and O–H groups in total. The van der Waals surface area contributed by atoms with E-state index in [4.69, 9.17) is 27.9 Å². The van der Waals surface area contributed by atoms with Gasteiger partial charge in [-0.3, -0.25) is 4.72 Å². The molecule has 23 heavy (non-hydrogen) atoms. The Hall–Kier alpha value is -2.10. The first-order chi connectivity index (χ1) is 10.9. The van der Waals surface area contributed by atoms with Crippen LogP contribution in [0.5, 0.6) is 5.88 Å². The summed E-state index contributed by atoms with van der Waals surface area (Å²) in [7, 11) is -2.61. The maximum absolute atomic E-state index is 12.4. The number of sulfonamides is 1. The van der Waals surface area contributed by atoms with Crippen LogP contribution in [0, 0.1) is 0 Å². The van der Waals surface area contributed by atoms with Crippen LogP contribution in [0.25, 0.3) is 5.78 Å². The second-order valence-electron chi connectivity index (χ2n) is 4.32. The highest BCUT2D eigenvalue weighted by atomic mass is 35.5. The van der Waals surface area contributed by atoms with Crippen molar-refractivity contribution in [2.75, 3.05) is 11.8 Å². The lowest BCUT2D eigenvalue weighted by Gasteiger charge is -2.07. The number of hydrogen-bond donors (Lipinski definition) is 1. The molecule has 0 aliphatic heterocycles. The van der Waals surface area contributed by atoms with E-state index < -0.39 is 15.2 Å². The summed E-state index contributed by atoms with van der Waals surface area (Å²) in [5.74, 6) is 0.376. The minimum atomic E-state index is -4.05. The molecule has 0 unspecified atom stereocenters. The van der Waals surface area contributed by atoms with Crippen molar-refractivity contribution in [1.29, 1.82) is 0 Å². The summed E-state index contributed by atoms with van der Waals surface area (Å²) in [5.41, 5.74) is 0.128. The lowest BCUT2D eigenvalue weighted by atomic mass is 10.3. The third-order valence-electron chi connectivity index (χ3n) is 2.81. The van der Waals surface area contributed by atoms with Crippen LogP contribution in [0.15, 0.2) is 35.6 Å². The molecule has 0 saturated carbocycles. The van der Waals surface area contributed by atoms with Crippen molar-refractivity contribution < 1.29 is 13.2 Å². The normalized spacial score (nSPS) is 11.6. The van der Waals surface area contributed by atoms with Crippen LogP contribution in [-0.4, -0.2) is 35.1 Å². The van der Waals surface area contributed by atoms with Gasteiger partial charge in [0.05, 0.1) is 22.8 Å². The average Bonchev–Trinajstić information content (AvgIpc) is 2.95. The van der Waals surface area contributed by atoms with Gasteiger partial charge in [0.1, 0.15) is 0 Å². The van der Waals surface area contributed by atoms with Gasteiger partial charge in [0.2, 0.25) is 5.88 Å². The highest BCUT2D eigenvalue weighted by molar-refractivity contribution is 7.92. The molecule has 2 aromatic heterocycles. The van der Waals surface area contributed by atoms with Crippen molar-refractivity contribution in [3.8, 4) is 5.88 Å². The molecular weight excluding hydrogens is 365 g/mol. The van der Waals surface area contributed by atoms with E-state index in [0.717, 1.165) is 0 Å². The molecule has 3 rings (SSSR count). The molecule has 0 amide bonds. The van der Waals surface area contributed by atoms with E-state index in [9.17, 15) is 8.42 Å². The summed E-state index contributed by atoms with van der Waals surface area (Å²) >= 11 is 11.8. The number of rotatable bonds is 4. The molecule has 3 aromatic rings. The zero-order chi connectivity index (χ0) is 16.6. The van der Waals surface area contributed by atoms with Crippen LogP contribution in [0.1, 0.15) is 0 Å². The van der Waals surface area contributed by atoms with Gasteiger partial charge in [0.15, 0.2) is 0 Å². The Balaban J connectivity index is 2.00. The topological polar surface area (TPSA) is 98.5 Å². The van der Waals surface area contributed by atoms with Crippen molar-refractivity contribution >= 4 is 44.7 Å². The second kappa shape index (κ2) is 5.84. The standard InChI is InChI=1S/C12H9Cl2N5O3S/c1-22-9-5-6-19-11(15-9)16-12(17-19)23(20,21)18-8-4-2-3-7(13)10(8)14/h2-6,18H,1H3. The second-order valence-corrected chi connectivity index (χ2v) is 6.68. The minimum absolute atomic E-state index is 0.0845. The van der Waals surface area contributed by atoms with Crippen LogP contribution in [-0.2, 0) is 10.0 Å². The Bertz CT molecular complexity index is 990. The summed E-state index contributed by atoms with van der Waals surface area (Å²) in [6, 6.07) is 6.11. The van der Waals surface area contributed by atoms with Crippen molar-refractivity contribution in [3.05, 3.63) is 40.5 Å². The van der Waals surface area contributed by atoms with Crippen molar-refractivity contribution in [3.63, 3.8) is 0 Å². The molecule has 0 radical (unpaired) electrons. The first-order valence-corrected chi connectivity index (χ1v) is 8.39. The van der Waals surface area contributed by atoms with Crippen LogP contribution in [0.3, 0.4) is 0 Å². The Morgan fingerprint density at radius 3 is 2.74 bits per heavy atom. The number of ether oxygens (including phenoxy) is 1. The van der Waals surface area contributed by atoms with Crippen LogP contribution >= 0.6 is 23.2 Å². The third kappa shape index (κ3) is 3.03. The number of hydrogen-bond acceptors (Lipinski definition) is 6.